The van der Waals surface area contributed by atoms with Crippen LogP contribution in [-0.4, -0.2) is 20.4 Å². The molecule has 0 atom stereocenters. The van der Waals surface area contributed by atoms with Crippen molar-refractivity contribution in [1.29, 1.82) is 5.26 Å². The summed E-state index contributed by atoms with van der Waals surface area (Å²) < 4.78 is 1.94. The molecule has 0 saturated heterocycles. The Morgan fingerprint density at radius 1 is 1.13 bits per heavy atom. The normalized spacial score (nSPS) is 13.9. The number of benzene rings is 2. The molecule has 1 fully saturated rings. The molecule has 0 unspecified atom stereocenters. The van der Waals surface area contributed by atoms with E-state index in [-0.39, 0.29) is 5.91 Å². The Morgan fingerprint density at radius 3 is 2.50 bits per heavy atom. The van der Waals surface area contributed by atoms with E-state index in [4.69, 9.17) is 21.6 Å². The lowest BCUT2D eigenvalue weighted by Gasteiger charge is -2.26. The SMILES string of the molecule is N#Cc1c(NC(=O)c2ccccc2Cl)n(CC2CCC2)c2nc3ccccc3nc12. The lowest BCUT2D eigenvalue weighted by atomic mass is 9.85. The first-order valence-corrected chi connectivity index (χ1v) is 10.3. The lowest BCUT2D eigenvalue weighted by Crippen LogP contribution is -2.22. The third kappa shape index (κ3) is 3.08. The summed E-state index contributed by atoms with van der Waals surface area (Å²) in [5, 5.41) is 13.2. The van der Waals surface area contributed by atoms with E-state index in [2.05, 4.69) is 11.4 Å². The van der Waals surface area contributed by atoms with Crippen molar-refractivity contribution in [3.05, 3.63) is 64.7 Å². The van der Waals surface area contributed by atoms with Crippen molar-refractivity contribution in [3.8, 4) is 6.07 Å². The molecule has 4 aromatic rings. The number of carbonyl (C=O) groups is 1. The van der Waals surface area contributed by atoms with Gasteiger partial charge in [-0.2, -0.15) is 5.26 Å². The van der Waals surface area contributed by atoms with Crippen molar-refractivity contribution in [1.82, 2.24) is 14.5 Å². The Bertz CT molecular complexity index is 1330. The fourth-order valence-corrected chi connectivity index (χ4v) is 4.09. The van der Waals surface area contributed by atoms with E-state index in [1.807, 2.05) is 28.8 Å². The topological polar surface area (TPSA) is 83.6 Å². The second-order valence-electron chi connectivity index (χ2n) is 7.56. The van der Waals surface area contributed by atoms with Crippen molar-refractivity contribution >= 4 is 45.5 Å². The molecule has 1 amide bonds. The zero-order chi connectivity index (χ0) is 20.7. The fraction of sp³-hybridized carbons (Fsp3) is 0.217. The predicted molar refractivity (Wildman–Crippen MR) is 116 cm³/mol. The van der Waals surface area contributed by atoms with E-state index in [0.717, 1.165) is 18.4 Å². The first-order valence-electron chi connectivity index (χ1n) is 9.90. The van der Waals surface area contributed by atoms with E-state index in [0.29, 0.717) is 51.1 Å². The van der Waals surface area contributed by atoms with Crippen LogP contribution in [0.2, 0.25) is 5.02 Å². The van der Waals surface area contributed by atoms with Crippen LogP contribution < -0.4 is 5.32 Å². The maximum absolute atomic E-state index is 13.0. The average Bonchev–Trinajstić information content (AvgIpc) is 3.00. The molecule has 2 heterocycles. The number of fused-ring (bicyclic) bond motifs is 2. The van der Waals surface area contributed by atoms with Gasteiger partial charge in [0.1, 0.15) is 23.0 Å². The van der Waals surface area contributed by atoms with Gasteiger partial charge in [0, 0.05) is 6.54 Å². The zero-order valence-electron chi connectivity index (χ0n) is 16.1. The van der Waals surface area contributed by atoms with Gasteiger partial charge in [0.25, 0.3) is 5.91 Å². The number of hydrogen-bond donors (Lipinski definition) is 1. The van der Waals surface area contributed by atoms with E-state index < -0.39 is 0 Å². The summed E-state index contributed by atoms with van der Waals surface area (Å²) in [4.78, 5) is 22.5. The number of carbonyl (C=O) groups excluding carboxylic acids is 1. The molecule has 1 aliphatic carbocycles. The highest BCUT2D eigenvalue weighted by Gasteiger charge is 2.26. The highest BCUT2D eigenvalue weighted by atomic mass is 35.5. The molecule has 1 saturated carbocycles. The minimum absolute atomic E-state index is 0.322. The lowest BCUT2D eigenvalue weighted by molar-refractivity contribution is 0.102. The number of rotatable bonds is 4. The monoisotopic (exact) mass is 415 g/mol. The number of hydrogen-bond acceptors (Lipinski definition) is 4. The van der Waals surface area contributed by atoms with Gasteiger partial charge in [0.15, 0.2) is 5.65 Å². The molecule has 0 aliphatic heterocycles. The van der Waals surface area contributed by atoms with Crippen LogP contribution in [0.25, 0.3) is 22.2 Å². The number of amides is 1. The van der Waals surface area contributed by atoms with Crippen LogP contribution in [0.3, 0.4) is 0 Å². The average molecular weight is 416 g/mol. The van der Waals surface area contributed by atoms with Crippen LogP contribution in [0.4, 0.5) is 5.82 Å². The van der Waals surface area contributed by atoms with Gasteiger partial charge in [-0.15, -0.1) is 0 Å². The molecule has 30 heavy (non-hydrogen) atoms. The Balaban J connectivity index is 1.69. The Morgan fingerprint density at radius 2 is 1.83 bits per heavy atom. The number of aromatic nitrogens is 3. The Kier molecular flexibility index (Phi) is 4.61. The van der Waals surface area contributed by atoms with E-state index in [9.17, 15) is 10.1 Å². The van der Waals surface area contributed by atoms with Gasteiger partial charge >= 0.3 is 0 Å². The van der Waals surface area contributed by atoms with Crippen molar-refractivity contribution in [2.24, 2.45) is 5.92 Å². The second kappa shape index (κ2) is 7.43. The second-order valence-corrected chi connectivity index (χ2v) is 7.97. The molecule has 0 spiro atoms. The first kappa shape index (κ1) is 18.6. The van der Waals surface area contributed by atoms with Gasteiger partial charge < -0.3 is 9.88 Å². The molecule has 1 aliphatic rings. The van der Waals surface area contributed by atoms with Gasteiger partial charge in [-0.3, -0.25) is 4.79 Å². The van der Waals surface area contributed by atoms with Crippen molar-refractivity contribution in [2.45, 2.75) is 25.8 Å². The molecule has 7 heteroatoms. The minimum Gasteiger partial charge on any atom is -0.309 e. The molecular weight excluding hydrogens is 398 g/mol. The molecule has 0 bridgehead atoms. The molecular formula is C23H18ClN5O. The van der Waals surface area contributed by atoms with E-state index in [1.54, 1.807) is 24.3 Å². The molecule has 5 rings (SSSR count). The smallest absolute Gasteiger partial charge is 0.258 e. The molecule has 2 aromatic heterocycles. The number of halogens is 1. The molecule has 148 valence electrons. The summed E-state index contributed by atoms with van der Waals surface area (Å²) in [5.41, 5.74) is 3.27. The van der Waals surface area contributed by atoms with Gasteiger partial charge in [0.05, 0.1) is 21.6 Å². The summed E-state index contributed by atoms with van der Waals surface area (Å²) >= 11 is 6.21. The predicted octanol–water partition coefficient (Wildman–Crippen LogP) is 5.16. The minimum atomic E-state index is -0.362. The Labute approximate surface area is 178 Å². The zero-order valence-corrected chi connectivity index (χ0v) is 16.9. The van der Waals surface area contributed by atoms with Gasteiger partial charge in [-0.1, -0.05) is 42.3 Å². The summed E-state index contributed by atoms with van der Waals surface area (Å²) in [6.45, 7) is 0.684. The van der Waals surface area contributed by atoms with Crippen molar-refractivity contribution in [2.75, 3.05) is 5.32 Å². The van der Waals surface area contributed by atoms with Gasteiger partial charge in [-0.05, 0) is 43.0 Å². The Hall–Kier alpha value is -3.43. The van der Waals surface area contributed by atoms with Crippen molar-refractivity contribution in [3.63, 3.8) is 0 Å². The number of nitrogens with zero attached hydrogens (tertiary/aromatic N) is 4. The molecule has 1 N–H and O–H groups in total. The van der Waals surface area contributed by atoms with Crippen LogP contribution in [0, 0.1) is 17.2 Å². The van der Waals surface area contributed by atoms with Crippen LogP contribution in [-0.2, 0) is 6.54 Å². The van der Waals surface area contributed by atoms with E-state index in [1.165, 1.54) is 6.42 Å². The van der Waals surface area contributed by atoms with Crippen LogP contribution in [0.5, 0.6) is 0 Å². The highest BCUT2D eigenvalue weighted by molar-refractivity contribution is 6.34. The van der Waals surface area contributed by atoms with Crippen molar-refractivity contribution < 1.29 is 4.79 Å². The number of nitriles is 1. The number of anilines is 1. The summed E-state index contributed by atoms with van der Waals surface area (Å²) in [6.07, 6.45) is 3.45. The number of nitrogens with one attached hydrogen (secondary N) is 1. The number of para-hydroxylation sites is 2. The maximum atomic E-state index is 13.0. The third-order valence-corrected chi connectivity index (χ3v) is 6.01. The third-order valence-electron chi connectivity index (χ3n) is 5.68. The quantitative estimate of drug-likeness (QED) is 0.498. The van der Waals surface area contributed by atoms with Gasteiger partial charge in [-0.25, -0.2) is 9.97 Å². The summed E-state index contributed by atoms with van der Waals surface area (Å²) in [5.74, 6) is 0.565. The van der Waals surface area contributed by atoms with Crippen LogP contribution in [0.1, 0.15) is 35.2 Å². The standard InChI is InChI=1S/C23H18ClN5O/c24-17-9-2-1-8-15(17)23(30)28-21-16(12-25)20-22(29(21)13-14-6-5-7-14)27-19-11-4-3-10-18(19)26-20/h1-4,8-11,14H,5-7,13H2,(H,28,30). The molecule has 0 radical (unpaired) electrons. The fourth-order valence-electron chi connectivity index (χ4n) is 3.87. The maximum Gasteiger partial charge on any atom is 0.258 e. The van der Waals surface area contributed by atoms with Crippen LogP contribution >= 0.6 is 11.6 Å². The van der Waals surface area contributed by atoms with Gasteiger partial charge in [0.2, 0.25) is 0 Å². The first-order chi connectivity index (χ1) is 14.7. The van der Waals surface area contributed by atoms with E-state index >= 15 is 0 Å². The largest absolute Gasteiger partial charge is 0.309 e. The summed E-state index contributed by atoms with van der Waals surface area (Å²) in [7, 11) is 0. The highest BCUT2D eigenvalue weighted by Crippen LogP contribution is 2.35. The molecule has 2 aromatic carbocycles. The van der Waals surface area contributed by atoms with Crippen LogP contribution in [0.15, 0.2) is 48.5 Å². The molecule has 6 nitrogen and oxygen atoms in total. The summed E-state index contributed by atoms with van der Waals surface area (Å²) in [6, 6.07) is 16.7.